The van der Waals surface area contributed by atoms with E-state index in [-0.39, 0.29) is 12.5 Å². The molecule has 0 unspecified atom stereocenters. The molecule has 1 aromatic carbocycles. The number of ether oxygens (including phenoxy) is 1. The minimum atomic E-state index is -0.0228. The third-order valence-electron chi connectivity index (χ3n) is 3.63. The van der Waals surface area contributed by atoms with E-state index in [1.807, 2.05) is 11.0 Å². The molecule has 1 amide bonds. The normalized spacial score (nSPS) is 21.7. The minimum absolute atomic E-state index is 0.0196. The third-order valence-corrected chi connectivity index (χ3v) is 3.93. The van der Waals surface area contributed by atoms with Crippen LogP contribution in [-0.2, 0) is 4.79 Å². The van der Waals surface area contributed by atoms with Gasteiger partial charge in [0.25, 0.3) is 5.91 Å². The Morgan fingerprint density at radius 3 is 2.67 bits per heavy atom. The number of nitrogens with zero attached hydrogens (tertiary/aromatic N) is 2. The lowest BCUT2D eigenvalue weighted by atomic mass is 9.92. The van der Waals surface area contributed by atoms with Gasteiger partial charge in [-0.1, -0.05) is 25.4 Å². The van der Waals surface area contributed by atoms with Crippen LogP contribution in [0.15, 0.2) is 18.2 Å². The van der Waals surface area contributed by atoms with E-state index in [1.54, 1.807) is 12.1 Å². The number of rotatable bonds is 3. The second-order valence-corrected chi connectivity index (χ2v) is 6.20. The van der Waals surface area contributed by atoms with Gasteiger partial charge in [0.2, 0.25) is 0 Å². The van der Waals surface area contributed by atoms with Crippen LogP contribution >= 0.6 is 11.6 Å². The largest absolute Gasteiger partial charge is 0.482 e. The quantitative estimate of drug-likeness (QED) is 0.862. The maximum Gasteiger partial charge on any atom is 0.260 e. The standard InChI is InChI=1S/C16H19ClN2O2/c1-11-5-12(2)9-19(8-11)16(20)10-21-15-4-3-13(7-18)6-14(15)17/h3-4,6,11-12H,5,8-10H2,1-2H3/t11-,12+. The van der Waals surface area contributed by atoms with Gasteiger partial charge >= 0.3 is 0 Å². The van der Waals surface area contributed by atoms with Crippen molar-refractivity contribution >= 4 is 17.5 Å². The molecule has 0 aromatic heterocycles. The van der Waals surface area contributed by atoms with Gasteiger partial charge < -0.3 is 9.64 Å². The molecule has 0 saturated carbocycles. The number of carbonyl (C=O) groups excluding carboxylic acids is 1. The number of carbonyl (C=O) groups is 1. The predicted octanol–water partition coefficient (Wildman–Crippen LogP) is 3.09. The summed E-state index contributed by atoms with van der Waals surface area (Å²) in [5.74, 6) is 1.46. The average molecular weight is 307 g/mol. The first kappa shape index (κ1) is 15.7. The minimum Gasteiger partial charge on any atom is -0.482 e. The van der Waals surface area contributed by atoms with Crippen LogP contribution in [-0.4, -0.2) is 30.5 Å². The number of hydrogen-bond acceptors (Lipinski definition) is 3. The molecule has 5 heteroatoms. The van der Waals surface area contributed by atoms with Crippen molar-refractivity contribution in [3.8, 4) is 11.8 Å². The van der Waals surface area contributed by atoms with Gasteiger partial charge in [-0.05, 0) is 36.5 Å². The van der Waals surface area contributed by atoms with Gasteiger partial charge in [-0.15, -0.1) is 0 Å². The summed E-state index contributed by atoms with van der Waals surface area (Å²) in [6, 6.07) is 6.78. The first-order valence-corrected chi connectivity index (χ1v) is 7.47. The smallest absolute Gasteiger partial charge is 0.260 e. The molecular weight excluding hydrogens is 288 g/mol. The fraction of sp³-hybridized carbons (Fsp3) is 0.500. The Balaban J connectivity index is 1.93. The summed E-state index contributed by atoms with van der Waals surface area (Å²) in [7, 11) is 0. The zero-order chi connectivity index (χ0) is 15.4. The molecule has 1 aromatic rings. The Kier molecular flexibility index (Phi) is 5.08. The number of amides is 1. The van der Waals surface area contributed by atoms with E-state index >= 15 is 0 Å². The SMILES string of the molecule is C[C@@H]1C[C@H](C)CN(C(=O)COc2ccc(C#N)cc2Cl)C1. The Morgan fingerprint density at radius 2 is 2.10 bits per heavy atom. The molecule has 0 bridgehead atoms. The summed E-state index contributed by atoms with van der Waals surface area (Å²) in [5, 5.41) is 9.13. The molecule has 0 N–H and O–H groups in total. The van der Waals surface area contributed by atoms with E-state index in [9.17, 15) is 4.79 Å². The van der Waals surface area contributed by atoms with Gasteiger partial charge in [0.1, 0.15) is 5.75 Å². The first-order valence-electron chi connectivity index (χ1n) is 7.09. The molecule has 1 fully saturated rings. The van der Waals surface area contributed by atoms with Gasteiger partial charge in [-0.3, -0.25) is 4.79 Å². The van der Waals surface area contributed by atoms with Gasteiger partial charge in [0.05, 0.1) is 16.7 Å². The lowest BCUT2D eigenvalue weighted by molar-refractivity contribution is -0.136. The lowest BCUT2D eigenvalue weighted by Crippen LogP contribution is -2.44. The zero-order valence-electron chi connectivity index (χ0n) is 12.3. The molecule has 0 aliphatic carbocycles. The summed E-state index contributed by atoms with van der Waals surface area (Å²) in [6.45, 7) is 5.87. The fourth-order valence-corrected chi connectivity index (χ4v) is 3.02. The number of benzene rings is 1. The van der Waals surface area contributed by atoms with Gasteiger partial charge in [-0.2, -0.15) is 5.26 Å². The van der Waals surface area contributed by atoms with Crippen molar-refractivity contribution in [1.82, 2.24) is 4.90 Å². The van der Waals surface area contributed by atoms with Crippen LogP contribution in [0.5, 0.6) is 5.75 Å². The van der Waals surface area contributed by atoms with Crippen LogP contribution in [0.3, 0.4) is 0 Å². The van der Waals surface area contributed by atoms with E-state index in [4.69, 9.17) is 21.6 Å². The number of halogens is 1. The number of piperidine rings is 1. The number of hydrogen-bond donors (Lipinski definition) is 0. The highest BCUT2D eigenvalue weighted by atomic mass is 35.5. The highest BCUT2D eigenvalue weighted by molar-refractivity contribution is 6.32. The van der Waals surface area contributed by atoms with Gasteiger partial charge in [0.15, 0.2) is 6.61 Å². The Hall–Kier alpha value is -1.73. The summed E-state index contributed by atoms with van der Waals surface area (Å²) < 4.78 is 5.49. The Bertz CT molecular complexity index is 558. The summed E-state index contributed by atoms with van der Waals surface area (Å²) >= 11 is 6.02. The highest BCUT2D eigenvalue weighted by Crippen LogP contribution is 2.26. The molecule has 112 valence electrons. The summed E-state index contributed by atoms with van der Waals surface area (Å²) in [6.07, 6.45) is 1.16. The monoisotopic (exact) mass is 306 g/mol. The molecular formula is C16H19ClN2O2. The van der Waals surface area contributed by atoms with Crippen molar-refractivity contribution < 1.29 is 9.53 Å². The van der Waals surface area contributed by atoms with Gasteiger partial charge in [0, 0.05) is 13.1 Å². The second kappa shape index (κ2) is 6.82. The molecule has 1 aliphatic rings. The van der Waals surface area contributed by atoms with E-state index in [0.29, 0.717) is 28.2 Å². The fourth-order valence-electron chi connectivity index (χ4n) is 2.78. The van der Waals surface area contributed by atoms with Crippen LogP contribution in [0.1, 0.15) is 25.8 Å². The van der Waals surface area contributed by atoms with E-state index in [0.717, 1.165) is 19.5 Å². The van der Waals surface area contributed by atoms with Crippen molar-refractivity contribution in [3.05, 3.63) is 28.8 Å². The van der Waals surface area contributed by atoms with Crippen LogP contribution in [0.25, 0.3) is 0 Å². The van der Waals surface area contributed by atoms with Crippen molar-refractivity contribution in [3.63, 3.8) is 0 Å². The summed E-state index contributed by atoms with van der Waals surface area (Å²) in [4.78, 5) is 14.1. The maximum absolute atomic E-state index is 12.2. The van der Waals surface area contributed by atoms with E-state index in [2.05, 4.69) is 13.8 Å². The zero-order valence-corrected chi connectivity index (χ0v) is 13.1. The first-order chi connectivity index (χ1) is 9.99. The molecule has 21 heavy (non-hydrogen) atoms. The van der Waals surface area contributed by atoms with Crippen LogP contribution in [0.2, 0.25) is 5.02 Å². The molecule has 0 radical (unpaired) electrons. The molecule has 1 aliphatic heterocycles. The molecule has 4 nitrogen and oxygen atoms in total. The van der Waals surface area contributed by atoms with E-state index in [1.165, 1.54) is 6.07 Å². The molecule has 1 heterocycles. The number of nitriles is 1. The molecule has 2 atom stereocenters. The number of likely N-dealkylation sites (tertiary alicyclic amines) is 1. The van der Waals surface area contributed by atoms with Crippen molar-refractivity contribution in [2.24, 2.45) is 11.8 Å². The molecule has 0 spiro atoms. The second-order valence-electron chi connectivity index (χ2n) is 5.79. The average Bonchev–Trinajstić information content (AvgIpc) is 2.44. The van der Waals surface area contributed by atoms with E-state index < -0.39 is 0 Å². The van der Waals surface area contributed by atoms with Crippen LogP contribution in [0, 0.1) is 23.2 Å². The van der Waals surface area contributed by atoms with Crippen molar-refractivity contribution in [2.45, 2.75) is 20.3 Å². The third kappa shape index (κ3) is 4.12. The lowest BCUT2D eigenvalue weighted by Gasteiger charge is -2.34. The summed E-state index contributed by atoms with van der Waals surface area (Å²) in [5.41, 5.74) is 0.470. The topological polar surface area (TPSA) is 53.3 Å². The van der Waals surface area contributed by atoms with Crippen LogP contribution in [0.4, 0.5) is 0 Å². The highest BCUT2D eigenvalue weighted by Gasteiger charge is 2.25. The maximum atomic E-state index is 12.2. The Morgan fingerprint density at radius 1 is 1.43 bits per heavy atom. The predicted molar refractivity (Wildman–Crippen MR) is 81.2 cm³/mol. The van der Waals surface area contributed by atoms with Crippen LogP contribution < -0.4 is 4.74 Å². The molecule has 1 saturated heterocycles. The van der Waals surface area contributed by atoms with Crippen molar-refractivity contribution in [2.75, 3.05) is 19.7 Å². The van der Waals surface area contributed by atoms with Crippen molar-refractivity contribution in [1.29, 1.82) is 5.26 Å². The Labute approximate surface area is 130 Å². The molecule has 2 rings (SSSR count). The van der Waals surface area contributed by atoms with Gasteiger partial charge in [-0.25, -0.2) is 0 Å².